The summed E-state index contributed by atoms with van der Waals surface area (Å²) in [6, 6.07) is 28.5. The summed E-state index contributed by atoms with van der Waals surface area (Å²) >= 11 is 0. The Morgan fingerprint density at radius 1 is 0.446 bits per heavy atom. The maximum Gasteiger partial charge on any atom is 0.235 e. The largest absolute Gasteiger partial charge is 0.361 e. The predicted octanol–water partition coefficient (Wildman–Crippen LogP) is 7.19. The predicted molar refractivity (Wildman–Crippen MR) is 214 cm³/mol. The molecule has 4 aliphatic heterocycles. The average Bonchev–Trinajstić information content (AvgIpc) is 4.07. The van der Waals surface area contributed by atoms with Crippen LogP contribution in [-0.4, -0.2) is 42.7 Å². The maximum absolute atomic E-state index is 12.9. The van der Waals surface area contributed by atoms with Gasteiger partial charge in [0.1, 0.15) is 0 Å². The van der Waals surface area contributed by atoms with E-state index in [1.807, 2.05) is 60.9 Å². The summed E-state index contributed by atoms with van der Waals surface area (Å²) in [5.74, 6) is -2.90. The Hall–Kier alpha value is -6.68. The minimum Gasteiger partial charge on any atom is -0.361 e. The second-order valence-corrected chi connectivity index (χ2v) is 15.6. The fourth-order valence-corrected chi connectivity index (χ4v) is 10.2. The Kier molecular flexibility index (Phi) is 7.26. The smallest absolute Gasteiger partial charge is 0.235 e. The molecular formula is C46H38N6O4. The lowest BCUT2D eigenvalue weighted by atomic mass is 9.83. The van der Waals surface area contributed by atoms with E-state index in [2.05, 4.69) is 78.5 Å². The second-order valence-electron chi connectivity index (χ2n) is 15.6. The molecule has 276 valence electrons. The Balaban J connectivity index is 0.000000130. The van der Waals surface area contributed by atoms with Crippen LogP contribution in [-0.2, 0) is 45.1 Å². The number of rotatable bonds is 4. The van der Waals surface area contributed by atoms with Gasteiger partial charge in [-0.25, -0.2) is 0 Å². The number of H-pyrrole nitrogens is 2. The third kappa shape index (κ3) is 4.81. The molecule has 0 radical (unpaired) electrons. The highest BCUT2D eigenvalue weighted by molar-refractivity contribution is 6.14. The molecule has 4 aliphatic rings. The van der Waals surface area contributed by atoms with Crippen LogP contribution in [0, 0.1) is 0 Å². The highest BCUT2D eigenvalue weighted by Crippen LogP contribution is 2.46. The number of hydrogen-bond acceptors (Lipinski definition) is 4. The second kappa shape index (κ2) is 12.4. The van der Waals surface area contributed by atoms with Gasteiger partial charge in [0, 0.05) is 70.5 Å². The molecule has 12 rings (SSSR count). The first-order chi connectivity index (χ1) is 27.4. The third-order valence-corrected chi connectivity index (χ3v) is 12.6. The molecule has 0 saturated carbocycles. The lowest BCUT2D eigenvalue weighted by Crippen LogP contribution is -2.21. The Bertz CT molecular complexity index is 2760. The van der Waals surface area contributed by atoms with Crippen LogP contribution < -0.4 is 10.6 Å². The van der Waals surface area contributed by atoms with Gasteiger partial charge in [0.2, 0.25) is 23.6 Å². The molecule has 10 heteroatoms. The number of aromatic amines is 2. The zero-order chi connectivity index (χ0) is 37.7. The van der Waals surface area contributed by atoms with Crippen LogP contribution in [0.25, 0.3) is 43.6 Å². The zero-order valence-electron chi connectivity index (χ0n) is 30.5. The van der Waals surface area contributed by atoms with Crippen LogP contribution in [0.4, 0.5) is 0 Å². The molecule has 8 aromatic rings. The van der Waals surface area contributed by atoms with Crippen molar-refractivity contribution in [1.29, 1.82) is 0 Å². The van der Waals surface area contributed by atoms with Crippen LogP contribution in [0.3, 0.4) is 0 Å². The monoisotopic (exact) mass is 738 g/mol. The van der Waals surface area contributed by atoms with Crippen molar-refractivity contribution in [3.05, 3.63) is 143 Å². The van der Waals surface area contributed by atoms with Gasteiger partial charge in [-0.1, -0.05) is 72.8 Å². The molecule has 0 spiro atoms. The molecule has 4 aromatic heterocycles. The lowest BCUT2D eigenvalue weighted by Gasteiger charge is -2.15. The highest BCUT2D eigenvalue weighted by atomic mass is 16.2. The molecule has 4 amide bonds. The standard InChI is InChI=1S/2C23H19N3O2/c2*27-22-19(16-11-24-18-9-2-1-7-14(16)18)20(23(28)25-22)17-12-26-10-4-6-13-5-3-8-15(17)21(13)26/h2*1-3,5,7-9,11-12,19-20,24H,4,6,10H2,(H,25,27,28)/t2*19-,20-/m10/s1. The minimum atomic E-state index is -0.521. The number of nitrogens with one attached hydrogen (secondary N) is 4. The van der Waals surface area contributed by atoms with Gasteiger partial charge >= 0.3 is 0 Å². The van der Waals surface area contributed by atoms with Gasteiger partial charge in [-0.05, 0) is 71.2 Å². The van der Waals surface area contributed by atoms with E-state index >= 15 is 0 Å². The van der Waals surface area contributed by atoms with Crippen LogP contribution in [0.2, 0.25) is 0 Å². The van der Waals surface area contributed by atoms with E-state index in [1.54, 1.807) is 0 Å². The van der Waals surface area contributed by atoms with Crippen molar-refractivity contribution in [2.24, 2.45) is 0 Å². The van der Waals surface area contributed by atoms with Crippen molar-refractivity contribution in [2.75, 3.05) is 0 Å². The van der Waals surface area contributed by atoms with Gasteiger partial charge in [0.05, 0.1) is 34.7 Å². The molecule has 0 unspecified atom stereocenters. The van der Waals surface area contributed by atoms with Crippen molar-refractivity contribution in [1.82, 2.24) is 29.7 Å². The number of benzene rings is 4. The fraction of sp³-hybridized carbons (Fsp3) is 0.217. The lowest BCUT2D eigenvalue weighted by molar-refractivity contribution is -0.127. The van der Waals surface area contributed by atoms with Crippen LogP contribution >= 0.6 is 0 Å². The van der Waals surface area contributed by atoms with Gasteiger partial charge in [-0.15, -0.1) is 0 Å². The van der Waals surface area contributed by atoms with Crippen LogP contribution in [0.15, 0.2) is 110 Å². The van der Waals surface area contributed by atoms with Gasteiger partial charge in [-0.3, -0.25) is 29.8 Å². The number of carbonyl (C=O) groups excluding carboxylic acids is 4. The number of imide groups is 2. The first kappa shape index (κ1) is 32.7. The van der Waals surface area contributed by atoms with E-state index in [1.165, 1.54) is 22.2 Å². The molecule has 4 atom stereocenters. The van der Waals surface area contributed by atoms with Crippen molar-refractivity contribution in [3.63, 3.8) is 0 Å². The van der Waals surface area contributed by atoms with Crippen LogP contribution in [0.1, 0.15) is 69.9 Å². The number of aromatic nitrogens is 4. The SMILES string of the molecule is O=C1NC(=O)[C@@H](c2cn3c4c(cccc24)CCC3)[C@@H]1c1c[nH]c2ccccc12.O=C1NC(=O)[C@H](c2cn3c4c(cccc24)CCC3)[C@H]1c1c[nH]c2ccccc12. The van der Waals surface area contributed by atoms with Crippen molar-refractivity contribution in [2.45, 2.75) is 62.4 Å². The molecule has 8 heterocycles. The fourth-order valence-electron chi connectivity index (χ4n) is 10.2. The number of carbonyl (C=O) groups is 4. The zero-order valence-corrected chi connectivity index (χ0v) is 30.5. The Morgan fingerprint density at radius 3 is 1.29 bits per heavy atom. The molecule has 2 fully saturated rings. The van der Waals surface area contributed by atoms with Gasteiger partial charge < -0.3 is 19.1 Å². The summed E-state index contributed by atoms with van der Waals surface area (Å²) in [6.45, 7) is 1.90. The average molecular weight is 739 g/mol. The minimum absolute atomic E-state index is 0.205. The Morgan fingerprint density at radius 2 is 0.839 bits per heavy atom. The molecule has 2 saturated heterocycles. The number of para-hydroxylation sites is 4. The summed E-state index contributed by atoms with van der Waals surface area (Å²) in [4.78, 5) is 58.0. The molecule has 10 nitrogen and oxygen atoms in total. The molecular weight excluding hydrogens is 701 g/mol. The normalized spacial score (nSPS) is 21.6. The summed E-state index contributed by atoms with van der Waals surface area (Å²) in [6.07, 6.45) is 12.3. The van der Waals surface area contributed by atoms with E-state index in [-0.39, 0.29) is 23.6 Å². The van der Waals surface area contributed by atoms with Crippen molar-refractivity contribution >= 4 is 67.2 Å². The first-order valence-corrected chi connectivity index (χ1v) is 19.5. The molecule has 4 aromatic carbocycles. The van der Waals surface area contributed by atoms with E-state index < -0.39 is 23.7 Å². The van der Waals surface area contributed by atoms with Gasteiger partial charge in [0.25, 0.3) is 0 Å². The van der Waals surface area contributed by atoms with E-state index in [0.29, 0.717) is 0 Å². The summed E-state index contributed by atoms with van der Waals surface area (Å²) in [7, 11) is 0. The summed E-state index contributed by atoms with van der Waals surface area (Å²) in [5, 5.41) is 9.36. The number of amides is 4. The highest BCUT2D eigenvalue weighted by Gasteiger charge is 2.47. The van der Waals surface area contributed by atoms with Gasteiger partial charge in [-0.2, -0.15) is 0 Å². The number of nitrogens with zero attached hydrogens (tertiary/aromatic N) is 2. The molecule has 4 N–H and O–H groups in total. The van der Waals surface area contributed by atoms with E-state index in [0.717, 1.165) is 93.6 Å². The van der Waals surface area contributed by atoms with E-state index in [4.69, 9.17) is 0 Å². The summed E-state index contributed by atoms with van der Waals surface area (Å²) in [5.41, 5.74) is 10.7. The van der Waals surface area contributed by atoms with Crippen molar-refractivity contribution < 1.29 is 19.2 Å². The molecule has 56 heavy (non-hydrogen) atoms. The third-order valence-electron chi connectivity index (χ3n) is 12.6. The van der Waals surface area contributed by atoms with E-state index in [9.17, 15) is 19.2 Å². The number of aryl methyl sites for hydroxylation is 4. The van der Waals surface area contributed by atoms with Crippen molar-refractivity contribution in [3.8, 4) is 0 Å². The molecule has 0 aliphatic carbocycles. The first-order valence-electron chi connectivity index (χ1n) is 19.5. The number of hydrogen-bond donors (Lipinski definition) is 4. The summed E-state index contributed by atoms with van der Waals surface area (Å²) < 4.78 is 4.51. The topological polar surface area (TPSA) is 134 Å². The maximum atomic E-state index is 12.9. The van der Waals surface area contributed by atoms with Crippen LogP contribution in [0.5, 0.6) is 0 Å². The van der Waals surface area contributed by atoms with Gasteiger partial charge in [0.15, 0.2) is 0 Å². The molecule has 0 bridgehead atoms. The quantitative estimate of drug-likeness (QED) is 0.142. The Labute approximate surface area is 320 Å². The number of fused-ring (bicyclic) bond motifs is 2.